The van der Waals surface area contributed by atoms with Crippen molar-refractivity contribution in [3.63, 3.8) is 0 Å². The lowest BCUT2D eigenvalue weighted by Gasteiger charge is -2.22. The van der Waals surface area contributed by atoms with Crippen molar-refractivity contribution in [3.8, 4) is 0 Å². The summed E-state index contributed by atoms with van der Waals surface area (Å²) in [6.07, 6.45) is 0. The molecule has 1 aromatic rings. The van der Waals surface area contributed by atoms with Gasteiger partial charge in [0.15, 0.2) is 0 Å². The summed E-state index contributed by atoms with van der Waals surface area (Å²) >= 11 is 6.70. The van der Waals surface area contributed by atoms with Gasteiger partial charge in [0.25, 0.3) is 0 Å². The second kappa shape index (κ2) is 3.27. The molecule has 9 heteroatoms. The minimum absolute atomic E-state index is 0.625. The van der Waals surface area contributed by atoms with Gasteiger partial charge in [0, 0.05) is 4.47 Å². The Balaban J connectivity index is 2.01. The molecule has 0 spiro atoms. The van der Waals surface area contributed by atoms with Crippen molar-refractivity contribution in [1.82, 2.24) is 5.34 Å². The van der Waals surface area contributed by atoms with E-state index in [1.165, 1.54) is 5.17 Å². The summed E-state index contributed by atoms with van der Waals surface area (Å²) in [5, 5.41) is 2.10. The predicted octanol–water partition coefficient (Wildman–Crippen LogP) is 3.17. The minimum Gasteiger partial charge on any atom is -0.222 e. The van der Waals surface area contributed by atoms with Crippen LogP contribution in [-0.2, 0) is 18.4 Å². The van der Waals surface area contributed by atoms with Crippen molar-refractivity contribution in [2.75, 3.05) is 5.17 Å². The van der Waals surface area contributed by atoms with E-state index in [0.717, 1.165) is 14.3 Å². The predicted molar refractivity (Wildman–Crippen MR) is 57.0 cm³/mol. The first-order valence-corrected chi connectivity index (χ1v) is 6.87. The van der Waals surface area contributed by atoms with Crippen LogP contribution in [0.2, 0.25) is 0 Å². The van der Waals surface area contributed by atoms with Crippen LogP contribution in [0.15, 0.2) is 27.1 Å². The van der Waals surface area contributed by atoms with Gasteiger partial charge in [-0.3, -0.25) is 0 Å². The summed E-state index contributed by atoms with van der Waals surface area (Å²) in [5.41, 5.74) is 0.625. The zero-order valence-corrected chi connectivity index (χ0v) is 11.0. The molecule has 0 saturated carbocycles. The lowest BCUT2D eigenvalue weighted by Crippen LogP contribution is -2.34. The molecule has 3 aliphatic heterocycles. The van der Waals surface area contributed by atoms with E-state index in [1.54, 1.807) is 12.1 Å². The van der Waals surface area contributed by atoms with Crippen molar-refractivity contribution in [3.05, 3.63) is 27.1 Å². The number of phosphoric acid groups is 1. The van der Waals surface area contributed by atoms with Gasteiger partial charge in [-0.2, -0.15) is 0 Å². The average molecular weight is 358 g/mol. The molecule has 2 bridgehead atoms. The summed E-state index contributed by atoms with van der Waals surface area (Å²) in [7, 11) is -3.34. The van der Waals surface area contributed by atoms with E-state index in [0.29, 0.717) is 5.69 Å². The molecule has 4 rings (SSSR count). The van der Waals surface area contributed by atoms with Crippen molar-refractivity contribution in [2.45, 2.75) is 0 Å². The van der Waals surface area contributed by atoms with E-state index in [2.05, 4.69) is 31.9 Å². The van der Waals surface area contributed by atoms with Crippen LogP contribution in [0.3, 0.4) is 0 Å². The summed E-state index contributed by atoms with van der Waals surface area (Å²) < 4.78 is 27.3. The number of rotatable bonds is 1. The molecular formula is C6H3Br2N2O4P. The van der Waals surface area contributed by atoms with E-state index in [4.69, 9.17) is 13.9 Å². The molecule has 15 heavy (non-hydrogen) atoms. The largest absolute Gasteiger partial charge is 0.538 e. The topological polar surface area (TPSA) is 51.2 Å². The molecular weight excluding hydrogens is 355 g/mol. The summed E-state index contributed by atoms with van der Waals surface area (Å²) in [5.74, 6) is 0. The highest BCUT2D eigenvalue weighted by molar-refractivity contribution is 9.13. The van der Waals surface area contributed by atoms with E-state index in [1.807, 2.05) is 6.07 Å². The number of nitrogens with zero attached hydrogens (tertiary/aromatic N) is 2. The van der Waals surface area contributed by atoms with Crippen LogP contribution in [0.25, 0.3) is 0 Å². The molecule has 0 N–H and O–H groups in total. The molecule has 3 fully saturated rings. The molecule has 0 aromatic heterocycles. The second-order valence-corrected chi connectivity index (χ2v) is 5.81. The lowest BCUT2D eigenvalue weighted by molar-refractivity contribution is -0.318. The first-order valence-electron chi connectivity index (χ1n) is 3.82. The van der Waals surface area contributed by atoms with Crippen LogP contribution in [0, 0.1) is 0 Å². The van der Waals surface area contributed by atoms with Gasteiger partial charge in [-0.25, -0.2) is 4.57 Å². The number of hydrogen-bond acceptors (Lipinski definition) is 6. The van der Waals surface area contributed by atoms with Crippen LogP contribution < -0.4 is 5.17 Å². The van der Waals surface area contributed by atoms with Gasteiger partial charge in [-0.1, -0.05) is 6.07 Å². The van der Waals surface area contributed by atoms with Gasteiger partial charge in [-0.15, -0.1) is 19.0 Å². The molecule has 0 amide bonds. The van der Waals surface area contributed by atoms with E-state index in [-0.39, 0.29) is 0 Å². The highest BCUT2D eigenvalue weighted by Gasteiger charge is 2.60. The highest BCUT2D eigenvalue weighted by Crippen LogP contribution is 2.67. The molecule has 0 atom stereocenters. The maximum absolute atomic E-state index is 11.3. The Bertz CT molecular complexity index is 474. The SMILES string of the molecule is O=P12ON(O1)N(c1cccc(Br)c1Br)O2. The maximum Gasteiger partial charge on any atom is 0.538 e. The van der Waals surface area contributed by atoms with Gasteiger partial charge >= 0.3 is 7.82 Å². The third kappa shape index (κ3) is 1.49. The molecule has 3 heterocycles. The van der Waals surface area contributed by atoms with Gasteiger partial charge in [0.05, 0.1) is 9.81 Å². The standard InChI is InChI=1S/C6H3Br2N2O4P/c7-4-2-1-3-5(6(4)8)9-10-13-15(11,12-9)14-10/h1-3H. The number of halogens is 2. The van der Waals surface area contributed by atoms with Crippen LogP contribution >= 0.6 is 39.7 Å². The summed E-state index contributed by atoms with van der Waals surface area (Å²) in [6.45, 7) is 0. The van der Waals surface area contributed by atoms with E-state index in [9.17, 15) is 4.57 Å². The summed E-state index contributed by atoms with van der Waals surface area (Å²) in [6, 6.07) is 5.42. The molecule has 3 aliphatic rings. The molecule has 6 nitrogen and oxygen atoms in total. The minimum atomic E-state index is -3.34. The normalized spacial score (nSPS) is 32.9. The summed E-state index contributed by atoms with van der Waals surface area (Å²) in [4.78, 5) is 0. The van der Waals surface area contributed by atoms with Crippen molar-refractivity contribution >= 4 is 45.4 Å². The Morgan fingerprint density at radius 2 is 1.93 bits per heavy atom. The second-order valence-electron chi connectivity index (χ2n) is 2.78. The number of anilines is 1. The van der Waals surface area contributed by atoms with Crippen molar-refractivity contribution < 1.29 is 18.4 Å². The number of hydrazine groups is 1. The Morgan fingerprint density at radius 1 is 1.20 bits per heavy atom. The van der Waals surface area contributed by atoms with Gasteiger partial charge in [0.2, 0.25) is 0 Å². The number of benzene rings is 1. The molecule has 3 saturated heterocycles. The fourth-order valence-electron chi connectivity index (χ4n) is 1.17. The van der Waals surface area contributed by atoms with E-state index >= 15 is 0 Å². The average Bonchev–Trinajstić information content (AvgIpc) is 2.63. The smallest absolute Gasteiger partial charge is 0.222 e. The zero-order chi connectivity index (χ0) is 10.6. The van der Waals surface area contributed by atoms with Gasteiger partial charge < -0.3 is 0 Å². The third-order valence-electron chi connectivity index (χ3n) is 1.80. The van der Waals surface area contributed by atoms with Gasteiger partial charge in [0.1, 0.15) is 5.69 Å². The molecule has 0 aliphatic carbocycles. The van der Waals surface area contributed by atoms with Gasteiger partial charge in [-0.05, 0) is 44.0 Å². The Labute approximate surface area is 101 Å². The Hall–Kier alpha value is 0.0500. The third-order valence-corrected chi connectivity index (χ3v) is 4.86. The van der Waals surface area contributed by atoms with Crippen LogP contribution in [0.4, 0.5) is 5.69 Å². The molecule has 80 valence electrons. The van der Waals surface area contributed by atoms with E-state index < -0.39 is 7.82 Å². The fraction of sp³-hybridized carbons (Fsp3) is 0. The highest BCUT2D eigenvalue weighted by atomic mass is 79.9. The number of hydrogen-bond donors (Lipinski definition) is 0. The molecule has 1 aromatic carbocycles. The monoisotopic (exact) mass is 356 g/mol. The first kappa shape index (κ1) is 10.2. The first-order chi connectivity index (χ1) is 7.09. The van der Waals surface area contributed by atoms with Crippen molar-refractivity contribution in [2.24, 2.45) is 0 Å². The lowest BCUT2D eigenvalue weighted by atomic mass is 10.3. The van der Waals surface area contributed by atoms with Crippen LogP contribution in [0.1, 0.15) is 0 Å². The molecule has 0 unspecified atom stereocenters. The van der Waals surface area contributed by atoms with Crippen LogP contribution in [-0.4, -0.2) is 5.34 Å². The number of fused-ring (bicyclic) bond motifs is 1. The van der Waals surface area contributed by atoms with Crippen LogP contribution in [0.5, 0.6) is 0 Å². The Kier molecular flexibility index (Phi) is 2.23. The molecule has 0 radical (unpaired) electrons. The maximum atomic E-state index is 11.3. The zero-order valence-electron chi connectivity index (χ0n) is 6.96. The quantitative estimate of drug-likeness (QED) is 0.719. The Morgan fingerprint density at radius 3 is 2.53 bits per heavy atom. The fourth-order valence-corrected chi connectivity index (χ4v) is 2.83. The van der Waals surface area contributed by atoms with Crippen molar-refractivity contribution in [1.29, 1.82) is 0 Å².